The highest BCUT2D eigenvalue weighted by atomic mass is 35.5. The predicted octanol–water partition coefficient (Wildman–Crippen LogP) is 3.28. The molecule has 1 N–H and O–H groups in total. The highest BCUT2D eigenvalue weighted by Crippen LogP contribution is 2.33. The van der Waals surface area contributed by atoms with Gasteiger partial charge in [-0.2, -0.15) is 0 Å². The summed E-state index contributed by atoms with van der Waals surface area (Å²) in [6.45, 7) is 4.66. The third-order valence-corrected chi connectivity index (χ3v) is 5.27. The normalized spacial score (nSPS) is 14.6. The van der Waals surface area contributed by atoms with Gasteiger partial charge in [0.05, 0.1) is 5.69 Å². The van der Waals surface area contributed by atoms with Crippen LogP contribution in [-0.2, 0) is 7.05 Å². The van der Waals surface area contributed by atoms with E-state index >= 15 is 0 Å². The summed E-state index contributed by atoms with van der Waals surface area (Å²) in [4.78, 5) is 16.8. The van der Waals surface area contributed by atoms with Gasteiger partial charge in [-0.1, -0.05) is 35.9 Å². The molecule has 7 nitrogen and oxygen atoms in total. The zero-order chi connectivity index (χ0) is 19.0. The molecule has 1 aliphatic heterocycles. The fourth-order valence-corrected chi connectivity index (χ4v) is 3.82. The molecular formula is C19H21ClN6O. The molecule has 1 aromatic heterocycles. The smallest absolute Gasteiger partial charge is 0.321 e. The average molecular weight is 385 g/mol. The Bertz CT molecular complexity index is 993. The van der Waals surface area contributed by atoms with Crippen LogP contribution in [0.3, 0.4) is 0 Å². The van der Waals surface area contributed by atoms with Crippen molar-refractivity contribution < 1.29 is 4.79 Å². The standard InChI is InChI=1S/C19H21ClN6O/c1-13-11-16(20)14-5-3-4-6-15(14)17(13)22-19(27)26-9-7-25(8-10-26)18-23-21-12-24(18)2/h3-6,11-12H,7-10H2,1-2H3,(H,22,27). The summed E-state index contributed by atoms with van der Waals surface area (Å²) in [5, 5.41) is 13.7. The Morgan fingerprint density at radius 1 is 1.15 bits per heavy atom. The number of amides is 2. The fourth-order valence-electron chi connectivity index (χ4n) is 3.49. The molecule has 1 saturated heterocycles. The number of aromatic nitrogens is 3. The van der Waals surface area contributed by atoms with E-state index in [1.54, 1.807) is 6.33 Å². The summed E-state index contributed by atoms with van der Waals surface area (Å²) in [6.07, 6.45) is 1.68. The third kappa shape index (κ3) is 3.30. The molecule has 1 aliphatic rings. The largest absolute Gasteiger partial charge is 0.337 e. The first-order valence-electron chi connectivity index (χ1n) is 8.87. The Hall–Kier alpha value is -2.80. The Morgan fingerprint density at radius 3 is 2.52 bits per heavy atom. The summed E-state index contributed by atoms with van der Waals surface area (Å²) in [5.74, 6) is 0.828. The first-order valence-corrected chi connectivity index (χ1v) is 9.25. The van der Waals surface area contributed by atoms with E-state index in [1.165, 1.54) is 0 Å². The van der Waals surface area contributed by atoms with Gasteiger partial charge >= 0.3 is 6.03 Å². The molecule has 0 spiro atoms. The second kappa shape index (κ2) is 7.08. The molecule has 0 radical (unpaired) electrons. The predicted molar refractivity (Wildman–Crippen MR) is 108 cm³/mol. The van der Waals surface area contributed by atoms with Crippen molar-refractivity contribution in [2.45, 2.75) is 6.92 Å². The van der Waals surface area contributed by atoms with E-state index in [9.17, 15) is 4.79 Å². The maximum absolute atomic E-state index is 12.8. The maximum atomic E-state index is 12.8. The lowest BCUT2D eigenvalue weighted by Crippen LogP contribution is -2.50. The molecule has 140 valence electrons. The van der Waals surface area contributed by atoms with Crippen molar-refractivity contribution in [2.75, 3.05) is 36.4 Å². The lowest BCUT2D eigenvalue weighted by molar-refractivity contribution is 0.208. The van der Waals surface area contributed by atoms with Crippen LogP contribution in [0, 0.1) is 6.92 Å². The van der Waals surface area contributed by atoms with Crippen LogP contribution < -0.4 is 10.2 Å². The molecule has 8 heteroatoms. The molecule has 0 unspecified atom stereocenters. The number of carbonyl (C=O) groups is 1. The van der Waals surface area contributed by atoms with Crippen LogP contribution in [0.2, 0.25) is 5.02 Å². The zero-order valence-electron chi connectivity index (χ0n) is 15.3. The summed E-state index contributed by atoms with van der Waals surface area (Å²) in [6, 6.07) is 9.64. The van der Waals surface area contributed by atoms with Gasteiger partial charge in [-0.15, -0.1) is 10.2 Å². The number of aryl methyl sites for hydroxylation is 2. The van der Waals surface area contributed by atoms with Crippen LogP contribution in [0.5, 0.6) is 0 Å². The average Bonchev–Trinajstić information content (AvgIpc) is 3.11. The number of halogens is 1. The van der Waals surface area contributed by atoms with Crippen LogP contribution in [-0.4, -0.2) is 51.9 Å². The van der Waals surface area contributed by atoms with Gasteiger partial charge in [0.1, 0.15) is 6.33 Å². The number of piperazine rings is 1. The number of rotatable bonds is 2. The molecule has 2 heterocycles. The van der Waals surface area contributed by atoms with Crippen LogP contribution in [0.1, 0.15) is 5.56 Å². The second-order valence-corrected chi connectivity index (χ2v) is 7.15. The SMILES string of the molecule is Cc1cc(Cl)c2ccccc2c1NC(=O)N1CCN(c2nncn2C)CC1. The van der Waals surface area contributed by atoms with Crippen LogP contribution >= 0.6 is 11.6 Å². The van der Waals surface area contributed by atoms with Crippen molar-refractivity contribution >= 4 is 40.0 Å². The van der Waals surface area contributed by atoms with Gasteiger partial charge in [0.25, 0.3) is 0 Å². The molecule has 3 aromatic rings. The number of urea groups is 1. The summed E-state index contributed by atoms with van der Waals surface area (Å²) < 4.78 is 1.89. The Balaban J connectivity index is 1.49. The van der Waals surface area contributed by atoms with Gasteiger partial charge in [-0.05, 0) is 18.6 Å². The molecule has 1 fully saturated rings. The summed E-state index contributed by atoms with van der Waals surface area (Å²) >= 11 is 6.36. The third-order valence-electron chi connectivity index (χ3n) is 4.96. The number of fused-ring (bicyclic) bond motifs is 1. The lowest BCUT2D eigenvalue weighted by atomic mass is 10.0. The second-order valence-electron chi connectivity index (χ2n) is 6.74. The molecule has 0 bridgehead atoms. The molecule has 0 atom stereocenters. The lowest BCUT2D eigenvalue weighted by Gasteiger charge is -2.35. The van der Waals surface area contributed by atoms with E-state index in [1.807, 2.05) is 53.8 Å². The number of anilines is 2. The van der Waals surface area contributed by atoms with Gasteiger partial charge in [0.15, 0.2) is 0 Å². The first kappa shape index (κ1) is 17.6. The van der Waals surface area contributed by atoms with Gasteiger partial charge in [-0.25, -0.2) is 4.79 Å². The monoisotopic (exact) mass is 384 g/mol. The van der Waals surface area contributed by atoms with Crippen LogP contribution in [0.4, 0.5) is 16.4 Å². The highest BCUT2D eigenvalue weighted by molar-refractivity contribution is 6.36. The first-order chi connectivity index (χ1) is 13.0. The number of hydrogen-bond acceptors (Lipinski definition) is 4. The molecule has 0 aliphatic carbocycles. The van der Waals surface area contributed by atoms with E-state index in [2.05, 4.69) is 20.4 Å². The van der Waals surface area contributed by atoms with Crippen molar-refractivity contribution in [2.24, 2.45) is 7.05 Å². The van der Waals surface area contributed by atoms with E-state index < -0.39 is 0 Å². The van der Waals surface area contributed by atoms with Crippen molar-refractivity contribution in [3.05, 3.63) is 47.2 Å². The van der Waals surface area contributed by atoms with Crippen LogP contribution in [0.25, 0.3) is 10.8 Å². The summed E-state index contributed by atoms with van der Waals surface area (Å²) in [7, 11) is 1.92. The van der Waals surface area contributed by atoms with Gasteiger partial charge in [-0.3, -0.25) is 0 Å². The number of nitrogens with one attached hydrogen (secondary N) is 1. The van der Waals surface area contributed by atoms with Crippen LogP contribution in [0.15, 0.2) is 36.7 Å². The van der Waals surface area contributed by atoms with Crippen molar-refractivity contribution in [3.8, 4) is 0 Å². The van der Waals surface area contributed by atoms with E-state index in [-0.39, 0.29) is 6.03 Å². The molecule has 2 aromatic carbocycles. The van der Waals surface area contributed by atoms with E-state index in [4.69, 9.17) is 11.6 Å². The van der Waals surface area contributed by atoms with Gasteiger partial charge < -0.3 is 19.7 Å². The maximum Gasteiger partial charge on any atom is 0.321 e. The number of hydrogen-bond donors (Lipinski definition) is 1. The Morgan fingerprint density at radius 2 is 1.85 bits per heavy atom. The van der Waals surface area contributed by atoms with Crippen molar-refractivity contribution in [1.82, 2.24) is 19.7 Å². The number of benzene rings is 2. The highest BCUT2D eigenvalue weighted by Gasteiger charge is 2.24. The zero-order valence-corrected chi connectivity index (χ0v) is 16.1. The number of carbonyl (C=O) groups excluding carboxylic acids is 1. The summed E-state index contributed by atoms with van der Waals surface area (Å²) in [5.41, 5.74) is 1.76. The number of nitrogens with zero attached hydrogens (tertiary/aromatic N) is 5. The topological polar surface area (TPSA) is 66.3 Å². The Kier molecular flexibility index (Phi) is 4.61. The van der Waals surface area contributed by atoms with Gasteiger partial charge in [0.2, 0.25) is 5.95 Å². The Labute approximate surface area is 162 Å². The van der Waals surface area contributed by atoms with Crippen molar-refractivity contribution in [1.29, 1.82) is 0 Å². The molecule has 0 saturated carbocycles. The molecular weight excluding hydrogens is 364 g/mol. The molecule has 2 amide bonds. The minimum atomic E-state index is -0.0943. The van der Waals surface area contributed by atoms with Gasteiger partial charge in [0, 0.05) is 49.0 Å². The molecule has 27 heavy (non-hydrogen) atoms. The quantitative estimate of drug-likeness (QED) is 0.736. The van der Waals surface area contributed by atoms with Crippen molar-refractivity contribution in [3.63, 3.8) is 0 Å². The minimum Gasteiger partial charge on any atom is -0.337 e. The molecule has 4 rings (SSSR count). The fraction of sp³-hybridized carbons (Fsp3) is 0.316. The van der Waals surface area contributed by atoms with E-state index in [0.29, 0.717) is 18.1 Å². The van der Waals surface area contributed by atoms with E-state index in [0.717, 1.165) is 41.1 Å². The minimum absolute atomic E-state index is 0.0943.